The van der Waals surface area contributed by atoms with Crippen molar-refractivity contribution in [2.45, 2.75) is 60.3 Å². The van der Waals surface area contributed by atoms with Crippen molar-refractivity contribution in [2.24, 2.45) is 11.8 Å². The Balaban J connectivity index is 1.88. The lowest BCUT2D eigenvalue weighted by Gasteiger charge is -2.37. The predicted octanol–water partition coefficient (Wildman–Crippen LogP) is 4.51. The summed E-state index contributed by atoms with van der Waals surface area (Å²) in [6.45, 7) is 13.5. The van der Waals surface area contributed by atoms with Gasteiger partial charge in [-0.1, -0.05) is 45.7 Å². The van der Waals surface area contributed by atoms with Crippen molar-refractivity contribution in [3.63, 3.8) is 0 Å². The topological polar surface area (TPSA) is 52.7 Å². The van der Waals surface area contributed by atoms with Gasteiger partial charge in [0.05, 0.1) is 0 Å². The molecule has 0 bridgehead atoms. The van der Waals surface area contributed by atoms with Crippen molar-refractivity contribution in [3.05, 3.63) is 29.3 Å². The molecule has 156 valence electrons. The van der Waals surface area contributed by atoms with E-state index in [-0.39, 0.29) is 17.9 Å². The van der Waals surface area contributed by atoms with Crippen molar-refractivity contribution in [1.82, 2.24) is 10.2 Å². The number of imide groups is 1. The molecule has 1 atom stereocenters. The number of urea groups is 1. The third kappa shape index (κ3) is 5.98. The Morgan fingerprint density at radius 1 is 1.04 bits per heavy atom. The highest BCUT2D eigenvalue weighted by Crippen LogP contribution is 2.24. The van der Waals surface area contributed by atoms with Crippen LogP contribution in [0.3, 0.4) is 0 Å². The van der Waals surface area contributed by atoms with Gasteiger partial charge in [-0.3, -0.25) is 10.1 Å². The van der Waals surface area contributed by atoms with E-state index in [9.17, 15) is 9.59 Å². The van der Waals surface area contributed by atoms with Gasteiger partial charge in [-0.25, -0.2) is 4.79 Å². The van der Waals surface area contributed by atoms with E-state index in [1.165, 1.54) is 16.8 Å². The van der Waals surface area contributed by atoms with Crippen molar-refractivity contribution in [2.75, 3.05) is 31.1 Å². The molecule has 5 heteroatoms. The molecular formula is C23H37N3O2. The molecule has 0 aliphatic carbocycles. The van der Waals surface area contributed by atoms with E-state index in [1.807, 2.05) is 0 Å². The second kappa shape index (κ2) is 10.5. The van der Waals surface area contributed by atoms with Crippen LogP contribution in [-0.2, 0) is 4.79 Å². The molecule has 1 aliphatic rings. The molecule has 1 N–H and O–H groups in total. The summed E-state index contributed by atoms with van der Waals surface area (Å²) < 4.78 is 0. The molecule has 5 nitrogen and oxygen atoms in total. The van der Waals surface area contributed by atoms with Crippen LogP contribution in [0.15, 0.2) is 18.2 Å². The molecule has 2 rings (SSSR count). The molecule has 1 aromatic rings. The predicted molar refractivity (Wildman–Crippen MR) is 116 cm³/mol. The van der Waals surface area contributed by atoms with Crippen LogP contribution in [0.25, 0.3) is 0 Å². The summed E-state index contributed by atoms with van der Waals surface area (Å²) in [6, 6.07) is 6.11. The second-order valence-electron chi connectivity index (χ2n) is 8.44. The zero-order valence-electron chi connectivity index (χ0n) is 18.3. The number of carbonyl (C=O) groups excluding carboxylic acids is 2. The van der Waals surface area contributed by atoms with Gasteiger partial charge in [-0.2, -0.15) is 0 Å². The van der Waals surface area contributed by atoms with Crippen LogP contribution in [0, 0.1) is 25.7 Å². The Morgan fingerprint density at radius 2 is 1.71 bits per heavy atom. The fourth-order valence-electron chi connectivity index (χ4n) is 3.80. The zero-order chi connectivity index (χ0) is 20.7. The highest BCUT2D eigenvalue weighted by Gasteiger charge is 2.26. The van der Waals surface area contributed by atoms with Crippen molar-refractivity contribution < 1.29 is 9.59 Å². The zero-order valence-corrected chi connectivity index (χ0v) is 18.3. The van der Waals surface area contributed by atoms with Crippen molar-refractivity contribution >= 4 is 17.6 Å². The van der Waals surface area contributed by atoms with Gasteiger partial charge in [0.25, 0.3) is 0 Å². The Labute approximate surface area is 170 Å². The molecule has 0 unspecified atom stereocenters. The van der Waals surface area contributed by atoms with Gasteiger partial charge in [-0.15, -0.1) is 0 Å². The summed E-state index contributed by atoms with van der Waals surface area (Å²) in [6.07, 6.45) is 3.66. The van der Waals surface area contributed by atoms with Crippen molar-refractivity contribution in [3.8, 4) is 0 Å². The van der Waals surface area contributed by atoms with E-state index in [4.69, 9.17) is 0 Å². The van der Waals surface area contributed by atoms with Crippen LogP contribution < -0.4 is 10.2 Å². The first-order chi connectivity index (χ1) is 13.3. The highest BCUT2D eigenvalue weighted by atomic mass is 16.2. The first-order valence-electron chi connectivity index (χ1n) is 10.7. The monoisotopic (exact) mass is 387 g/mol. The molecule has 0 spiro atoms. The lowest BCUT2D eigenvalue weighted by Crippen LogP contribution is -2.53. The number of hydrogen-bond donors (Lipinski definition) is 1. The number of piperazine rings is 1. The number of carbonyl (C=O) groups is 2. The van der Waals surface area contributed by atoms with Gasteiger partial charge in [0.2, 0.25) is 5.91 Å². The smallest absolute Gasteiger partial charge is 0.324 e. The third-order valence-corrected chi connectivity index (χ3v) is 5.81. The van der Waals surface area contributed by atoms with Crippen LogP contribution in [0.1, 0.15) is 57.6 Å². The normalized spacial score (nSPS) is 15.6. The number of amides is 3. The molecule has 1 fully saturated rings. The molecule has 0 aromatic heterocycles. The van der Waals surface area contributed by atoms with Gasteiger partial charge in [0, 0.05) is 37.8 Å². The van der Waals surface area contributed by atoms with Crippen LogP contribution in [0.5, 0.6) is 0 Å². The largest absolute Gasteiger partial charge is 0.368 e. The molecular weight excluding hydrogens is 350 g/mol. The molecule has 1 aliphatic heterocycles. The molecule has 1 heterocycles. The van der Waals surface area contributed by atoms with E-state index in [1.54, 1.807) is 4.90 Å². The lowest BCUT2D eigenvalue weighted by atomic mass is 9.93. The van der Waals surface area contributed by atoms with Gasteiger partial charge in [0.1, 0.15) is 0 Å². The SMILES string of the molecule is CCC[C@@H](CCC(C)C)C(=O)NC(=O)N1CCN(c2cccc(C)c2C)CC1. The second-order valence-corrected chi connectivity index (χ2v) is 8.44. The highest BCUT2D eigenvalue weighted by molar-refractivity contribution is 5.95. The van der Waals surface area contributed by atoms with Gasteiger partial charge in [-0.05, 0) is 49.8 Å². The van der Waals surface area contributed by atoms with E-state index in [2.05, 4.69) is 63.0 Å². The average Bonchev–Trinajstić information content (AvgIpc) is 2.67. The maximum absolute atomic E-state index is 12.6. The van der Waals surface area contributed by atoms with Gasteiger partial charge in [0.15, 0.2) is 0 Å². The maximum Gasteiger partial charge on any atom is 0.324 e. The number of nitrogens with one attached hydrogen (secondary N) is 1. The van der Waals surface area contributed by atoms with Crippen molar-refractivity contribution in [1.29, 1.82) is 0 Å². The first-order valence-corrected chi connectivity index (χ1v) is 10.7. The van der Waals surface area contributed by atoms with E-state index < -0.39 is 0 Å². The standard InChI is InChI=1S/C23H37N3O2/c1-6-8-20(12-11-17(2)3)22(27)24-23(28)26-15-13-25(14-16-26)21-10-7-9-18(4)19(21)5/h7,9-10,17,20H,6,8,11-16H2,1-5H3,(H,24,27,28)/t20-/m0/s1. The Morgan fingerprint density at radius 3 is 2.32 bits per heavy atom. The van der Waals surface area contributed by atoms with E-state index >= 15 is 0 Å². The summed E-state index contributed by atoms with van der Waals surface area (Å²) in [4.78, 5) is 29.3. The quantitative estimate of drug-likeness (QED) is 0.749. The minimum absolute atomic E-state index is 0.0624. The Hall–Kier alpha value is -2.04. The van der Waals surface area contributed by atoms with Crippen LogP contribution >= 0.6 is 0 Å². The number of anilines is 1. The third-order valence-electron chi connectivity index (χ3n) is 5.81. The molecule has 0 radical (unpaired) electrons. The molecule has 3 amide bonds. The maximum atomic E-state index is 12.6. The summed E-state index contributed by atoms with van der Waals surface area (Å²) in [5.74, 6) is 0.401. The summed E-state index contributed by atoms with van der Waals surface area (Å²) >= 11 is 0. The van der Waals surface area contributed by atoms with Crippen LogP contribution in [0.4, 0.5) is 10.5 Å². The summed E-state index contributed by atoms with van der Waals surface area (Å²) in [5.41, 5.74) is 3.82. The number of aryl methyl sites for hydroxylation is 1. The first kappa shape index (κ1) is 22.3. The Bertz CT molecular complexity index is 664. The molecule has 28 heavy (non-hydrogen) atoms. The minimum Gasteiger partial charge on any atom is -0.368 e. The van der Waals surface area contributed by atoms with Crippen LogP contribution in [-0.4, -0.2) is 43.0 Å². The lowest BCUT2D eigenvalue weighted by molar-refractivity contribution is -0.124. The summed E-state index contributed by atoms with van der Waals surface area (Å²) in [7, 11) is 0. The van der Waals surface area contributed by atoms with Gasteiger partial charge >= 0.3 is 6.03 Å². The molecule has 1 saturated heterocycles. The number of benzene rings is 1. The number of rotatable bonds is 7. The number of hydrogen-bond acceptors (Lipinski definition) is 3. The van der Waals surface area contributed by atoms with Gasteiger partial charge < -0.3 is 9.80 Å². The molecule has 0 saturated carbocycles. The molecule has 1 aromatic carbocycles. The van der Waals surface area contributed by atoms with E-state index in [0.29, 0.717) is 19.0 Å². The summed E-state index contributed by atoms with van der Waals surface area (Å²) in [5, 5.41) is 2.66. The Kier molecular flexibility index (Phi) is 8.34. The fourth-order valence-corrected chi connectivity index (χ4v) is 3.80. The number of nitrogens with zero attached hydrogens (tertiary/aromatic N) is 2. The fraction of sp³-hybridized carbons (Fsp3) is 0.652. The van der Waals surface area contributed by atoms with E-state index in [0.717, 1.165) is 38.8 Å². The van der Waals surface area contributed by atoms with Crippen LogP contribution in [0.2, 0.25) is 0 Å². The average molecular weight is 388 g/mol. The minimum atomic E-state index is -0.240.